The Morgan fingerprint density at radius 2 is 2.00 bits per heavy atom. The molecule has 198 valence electrons. The normalized spacial score (nSPS) is 15.5. The molecule has 1 atom stereocenters. The molecular formula is C26H35N7O3S. The minimum atomic E-state index is -0.372. The van der Waals surface area contributed by atoms with Gasteiger partial charge in [-0.3, -0.25) is 9.59 Å². The largest absolute Gasteiger partial charge is 0.380 e. The van der Waals surface area contributed by atoms with Crippen LogP contribution in [0.5, 0.6) is 0 Å². The Kier molecular flexibility index (Phi) is 9.34. The van der Waals surface area contributed by atoms with Gasteiger partial charge in [0, 0.05) is 44.1 Å². The van der Waals surface area contributed by atoms with Gasteiger partial charge in [-0.2, -0.15) is 5.10 Å². The number of carbonyl (C=O) groups excluding carboxylic acids is 2. The zero-order valence-electron chi connectivity index (χ0n) is 21.7. The maximum atomic E-state index is 12.8. The molecule has 2 amide bonds. The first-order valence-electron chi connectivity index (χ1n) is 12.8. The van der Waals surface area contributed by atoms with Gasteiger partial charge in [-0.15, -0.1) is 0 Å². The summed E-state index contributed by atoms with van der Waals surface area (Å²) in [6.45, 7) is 9.23. The summed E-state index contributed by atoms with van der Waals surface area (Å²) in [5.74, 6) is 1.14. The second-order valence-corrected chi connectivity index (χ2v) is 10.0. The van der Waals surface area contributed by atoms with E-state index in [9.17, 15) is 9.59 Å². The van der Waals surface area contributed by atoms with Crippen molar-refractivity contribution in [2.24, 2.45) is 5.92 Å². The number of nitrogens with one attached hydrogen (secondary N) is 2. The second-order valence-electron chi connectivity index (χ2n) is 8.96. The fourth-order valence-corrected chi connectivity index (χ4v) is 4.86. The lowest BCUT2D eigenvalue weighted by atomic mass is 10.1. The molecule has 10 nitrogen and oxygen atoms in total. The van der Waals surface area contributed by atoms with Crippen molar-refractivity contribution in [3.8, 4) is 0 Å². The summed E-state index contributed by atoms with van der Waals surface area (Å²) in [6, 6.07) is 7.79. The van der Waals surface area contributed by atoms with Crippen molar-refractivity contribution in [1.82, 2.24) is 25.1 Å². The van der Waals surface area contributed by atoms with E-state index in [1.54, 1.807) is 27.5 Å². The third kappa shape index (κ3) is 6.78. The summed E-state index contributed by atoms with van der Waals surface area (Å²) in [5.41, 5.74) is 2.69. The van der Waals surface area contributed by atoms with Crippen molar-refractivity contribution in [3.63, 3.8) is 0 Å². The molecule has 1 unspecified atom stereocenters. The van der Waals surface area contributed by atoms with Crippen LogP contribution in [0.15, 0.2) is 35.6 Å². The first kappa shape index (κ1) is 26.9. The number of anilines is 2. The van der Waals surface area contributed by atoms with E-state index in [1.807, 2.05) is 38.1 Å². The maximum Gasteiger partial charge on any atom is 0.227 e. The van der Waals surface area contributed by atoms with Gasteiger partial charge in [-0.25, -0.2) is 14.6 Å². The van der Waals surface area contributed by atoms with Gasteiger partial charge < -0.3 is 20.3 Å². The van der Waals surface area contributed by atoms with E-state index in [2.05, 4.69) is 27.6 Å². The summed E-state index contributed by atoms with van der Waals surface area (Å²) in [7, 11) is 0. The smallest absolute Gasteiger partial charge is 0.227 e. The lowest BCUT2D eigenvalue weighted by molar-refractivity contribution is -0.126. The van der Waals surface area contributed by atoms with Crippen LogP contribution in [-0.4, -0.2) is 70.2 Å². The molecule has 2 N–H and O–H groups in total. The highest BCUT2D eigenvalue weighted by Gasteiger charge is 2.34. The zero-order chi connectivity index (χ0) is 26.2. The Morgan fingerprint density at radius 3 is 2.76 bits per heavy atom. The van der Waals surface area contributed by atoms with Crippen LogP contribution >= 0.6 is 11.8 Å². The standard InChI is InChI=1S/C26H35N7O3S/c1-4-14-37-26-30-23(27-11-13-36-5-2)21-16-29-33(24(21)31-26)12-10-28-25(35)19-15-22(34)32(17-19)20-8-6-18(3)7-9-20/h6-9,16,19H,4-5,10-15,17H2,1-3H3,(H,28,35)(H,27,30,31). The van der Waals surface area contributed by atoms with Gasteiger partial charge in [0.2, 0.25) is 11.8 Å². The number of ether oxygens (including phenoxy) is 1. The molecule has 3 aromatic rings. The van der Waals surface area contributed by atoms with Crippen LogP contribution in [0.25, 0.3) is 11.0 Å². The van der Waals surface area contributed by atoms with Crippen molar-refractivity contribution in [3.05, 3.63) is 36.0 Å². The molecule has 0 radical (unpaired) electrons. The van der Waals surface area contributed by atoms with Crippen LogP contribution in [0, 0.1) is 12.8 Å². The van der Waals surface area contributed by atoms with E-state index in [4.69, 9.17) is 9.72 Å². The molecule has 4 rings (SSSR count). The van der Waals surface area contributed by atoms with Crippen LogP contribution in [-0.2, 0) is 20.9 Å². The number of amides is 2. The molecule has 0 saturated carbocycles. The molecular weight excluding hydrogens is 490 g/mol. The summed E-state index contributed by atoms with van der Waals surface area (Å²) in [5, 5.41) is 12.4. The van der Waals surface area contributed by atoms with Gasteiger partial charge in [0.15, 0.2) is 10.8 Å². The number of nitrogens with zero attached hydrogens (tertiary/aromatic N) is 5. The minimum Gasteiger partial charge on any atom is -0.380 e. The van der Waals surface area contributed by atoms with E-state index >= 15 is 0 Å². The van der Waals surface area contributed by atoms with Gasteiger partial charge in [0.05, 0.1) is 30.7 Å². The topological polar surface area (TPSA) is 114 Å². The fourth-order valence-electron chi connectivity index (χ4n) is 4.16. The number of hydrogen-bond donors (Lipinski definition) is 2. The number of aryl methyl sites for hydroxylation is 1. The Bertz CT molecular complexity index is 1210. The SMILES string of the molecule is CCCSc1nc(NCCOCC)c2cnn(CCNC(=O)C3CC(=O)N(c4ccc(C)cc4)C3)c2n1. The summed E-state index contributed by atoms with van der Waals surface area (Å²) < 4.78 is 7.22. The molecule has 1 saturated heterocycles. The van der Waals surface area contributed by atoms with Crippen LogP contribution in [0.3, 0.4) is 0 Å². The van der Waals surface area contributed by atoms with Crippen LogP contribution in [0.2, 0.25) is 0 Å². The lowest BCUT2D eigenvalue weighted by Crippen LogP contribution is -2.35. The molecule has 1 fully saturated rings. The molecule has 3 heterocycles. The zero-order valence-corrected chi connectivity index (χ0v) is 22.5. The monoisotopic (exact) mass is 525 g/mol. The molecule has 1 aliphatic heterocycles. The Labute approximate surface area is 221 Å². The summed E-state index contributed by atoms with van der Waals surface area (Å²) >= 11 is 1.61. The van der Waals surface area contributed by atoms with E-state index < -0.39 is 0 Å². The number of hydrogen-bond acceptors (Lipinski definition) is 8. The average molecular weight is 526 g/mol. The van der Waals surface area contributed by atoms with Crippen LogP contribution < -0.4 is 15.5 Å². The molecule has 0 bridgehead atoms. The Hall–Kier alpha value is -3.18. The molecule has 0 spiro atoms. The van der Waals surface area contributed by atoms with E-state index in [-0.39, 0.29) is 24.2 Å². The quantitative estimate of drug-likeness (QED) is 0.199. The predicted octanol–water partition coefficient (Wildman–Crippen LogP) is 3.25. The molecule has 2 aromatic heterocycles. The highest BCUT2D eigenvalue weighted by Crippen LogP contribution is 2.26. The number of carbonyl (C=O) groups is 2. The molecule has 1 aromatic carbocycles. The van der Waals surface area contributed by atoms with Crippen molar-refractivity contribution in [2.45, 2.75) is 45.3 Å². The first-order chi connectivity index (χ1) is 18.0. The van der Waals surface area contributed by atoms with Gasteiger partial charge in [0.25, 0.3) is 0 Å². The average Bonchev–Trinajstić information content (AvgIpc) is 3.49. The van der Waals surface area contributed by atoms with Crippen molar-refractivity contribution < 1.29 is 14.3 Å². The van der Waals surface area contributed by atoms with Crippen LogP contribution in [0.4, 0.5) is 11.5 Å². The van der Waals surface area contributed by atoms with E-state index in [1.165, 1.54) is 0 Å². The summed E-state index contributed by atoms with van der Waals surface area (Å²) in [6.07, 6.45) is 2.99. The van der Waals surface area contributed by atoms with Crippen molar-refractivity contribution >= 4 is 46.1 Å². The molecule has 1 aliphatic rings. The highest BCUT2D eigenvalue weighted by molar-refractivity contribution is 7.99. The highest BCUT2D eigenvalue weighted by atomic mass is 32.2. The first-order valence-corrected chi connectivity index (χ1v) is 13.8. The predicted molar refractivity (Wildman–Crippen MR) is 146 cm³/mol. The number of aromatic nitrogens is 4. The van der Waals surface area contributed by atoms with E-state index in [0.29, 0.717) is 44.5 Å². The number of benzene rings is 1. The second kappa shape index (κ2) is 12.9. The third-order valence-corrected chi connectivity index (χ3v) is 7.17. The van der Waals surface area contributed by atoms with Crippen LogP contribution in [0.1, 0.15) is 32.3 Å². The maximum absolute atomic E-state index is 12.8. The number of thioether (sulfide) groups is 1. The Morgan fingerprint density at radius 1 is 1.19 bits per heavy atom. The van der Waals surface area contributed by atoms with Gasteiger partial charge in [-0.1, -0.05) is 36.4 Å². The number of rotatable bonds is 13. The van der Waals surface area contributed by atoms with Gasteiger partial charge in [0.1, 0.15) is 5.82 Å². The van der Waals surface area contributed by atoms with Gasteiger partial charge in [-0.05, 0) is 32.4 Å². The Balaban J connectivity index is 1.38. The van der Waals surface area contributed by atoms with Crippen molar-refractivity contribution in [1.29, 1.82) is 0 Å². The molecule has 37 heavy (non-hydrogen) atoms. The van der Waals surface area contributed by atoms with Crippen molar-refractivity contribution in [2.75, 3.05) is 48.8 Å². The minimum absolute atomic E-state index is 0.0275. The molecule has 0 aliphatic carbocycles. The van der Waals surface area contributed by atoms with E-state index in [0.717, 1.165) is 40.3 Å². The third-order valence-electron chi connectivity index (χ3n) is 6.12. The fraction of sp³-hybridized carbons (Fsp3) is 0.500. The lowest BCUT2D eigenvalue weighted by Gasteiger charge is -2.17. The van der Waals surface area contributed by atoms with Gasteiger partial charge >= 0.3 is 0 Å². The summed E-state index contributed by atoms with van der Waals surface area (Å²) in [4.78, 5) is 36.5. The molecule has 11 heteroatoms. The number of fused-ring (bicyclic) bond motifs is 1.